The van der Waals surface area contributed by atoms with Crippen LogP contribution in [0.1, 0.15) is 40.5 Å². The molecule has 4 aliphatic rings. The van der Waals surface area contributed by atoms with Crippen LogP contribution in [0.3, 0.4) is 0 Å². The van der Waals surface area contributed by atoms with Gasteiger partial charge < -0.3 is 29.1 Å². The average Bonchev–Trinajstić information content (AvgIpc) is 3.43. The molecule has 6 atom stereocenters. The summed E-state index contributed by atoms with van der Waals surface area (Å²) in [5, 5.41) is 10.3. The average molecular weight is 522 g/mol. The van der Waals surface area contributed by atoms with Gasteiger partial charge in [-0.1, -0.05) is 19.9 Å². The molecule has 0 aromatic rings. The Labute approximate surface area is 219 Å². The number of aliphatic hydroxyl groups is 1. The van der Waals surface area contributed by atoms with Crippen molar-refractivity contribution in [1.82, 2.24) is 14.7 Å². The Morgan fingerprint density at radius 3 is 2.59 bits per heavy atom. The van der Waals surface area contributed by atoms with E-state index in [9.17, 15) is 19.5 Å². The molecule has 10 heteroatoms. The molecule has 10 nitrogen and oxygen atoms in total. The first-order chi connectivity index (χ1) is 17.6. The maximum absolute atomic E-state index is 14.4. The van der Waals surface area contributed by atoms with Crippen LogP contribution in [0.5, 0.6) is 0 Å². The molecule has 0 radical (unpaired) electrons. The molecular weight excluding hydrogens is 478 g/mol. The fourth-order valence-electron chi connectivity index (χ4n) is 6.92. The molecule has 0 aromatic carbocycles. The molecule has 2 amide bonds. The molecule has 4 heterocycles. The van der Waals surface area contributed by atoms with Crippen LogP contribution in [-0.4, -0.2) is 120 Å². The van der Waals surface area contributed by atoms with Crippen molar-refractivity contribution in [3.05, 3.63) is 12.7 Å². The number of aliphatic hydroxyl groups excluding tert-OH is 1. The number of likely N-dealkylation sites (tertiary alicyclic amines) is 1. The highest BCUT2D eigenvalue weighted by Crippen LogP contribution is 2.63. The minimum Gasteiger partial charge on any atom is -0.466 e. The number of carbonyl (C=O) groups excluding carboxylic acids is 3. The number of esters is 1. The van der Waals surface area contributed by atoms with Crippen LogP contribution >= 0.6 is 0 Å². The van der Waals surface area contributed by atoms with Crippen molar-refractivity contribution in [3.63, 3.8) is 0 Å². The summed E-state index contributed by atoms with van der Waals surface area (Å²) in [6, 6.07) is -1.51. The number of ether oxygens (including phenoxy) is 3. The number of carbonyl (C=O) groups is 3. The van der Waals surface area contributed by atoms with Crippen LogP contribution in [0.2, 0.25) is 0 Å². The summed E-state index contributed by atoms with van der Waals surface area (Å²) < 4.78 is 17.5. The van der Waals surface area contributed by atoms with Crippen molar-refractivity contribution in [1.29, 1.82) is 0 Å². The van der Waals surface area contributed by atoms with Gasteiger partial charge in [0.2, 0.25) is 11.8 Å². The van der Waals surface area contributed by atoms with E-state index in [4.69, 9.17) is 14.2 Å². The Morgan fingerprint density at radius 2 is 2.00 bits per heavy atom. The van der Waals surface area contributed by atoms with Crippen LogP contribution in [0.15, 0.2) is 12.7 Å². The third-order valence-corrected chi connectivity index (χ3v) is 8.75. The molecule has 4 rings (SSSR count). The molecule has 208 valence electrons. The van der Waals surface area contributed by atoms with Gasteiger partial charge in [-0.3, -0.25) is 19.3 Å². The summed E-state index contributed by atoms with van der Waals surface area (Å²) in [7, 11) is 0. The summed E-state index contributed by atoms with van der Waals surface area (Å²) in [4.78, 5) is 47.2. The van der Waals surface area contributed by atoms with Crippen LogP contribution in [0.25, 0.3) is 0 Å². The Bertz CT molecular complexity index is 891. The molecule has 2 unspecified atom stereocenters. The van der Waals surface area contributed by atoms with Gasteiger partial charge in [0.1, 0.15) is 17.6 Å². The zero-order chi connectivity index (χ0) is 27.0. The molecule has 0 saturated carbocycles. The number of morpholine rings is 1. The Kier molecular flexibility index (Phi) is 8.33. The van der Waals surface area contributed by atoms with Gasteiger partial charge in [0.05, 0.1) is 44.0 Å². The highest BCUT2D eigenvalue weighted by Gasteiger charge is 2.79. The molecule has 4 saturated heterocycles. The second kappa shape index (κ2) is 11.0. The lowest BCUT2D eigenvalue weighted by atomic mass is 9.66. The smallest absolute Gasteiger partial charge is 0.312 e. The van der Waals surface area contributed by atoms with E-state index < -0.39 is 41.1 Å². The third kappa shape index (κ3) is 4.70. The van der Waals surface area contributed by atoms with E-state index in [0.29, 0.717) is 45.7 Å². The molecule has 4 aliphatic heterocycles. The zero-order valence-electron chi connectivity index (χ0n) is 22.7. The minimum absolute atomic E-state index is 0.102. The summed E-state index contributed by atoms with van der Waals surface area (Å²) in [6.07, 6.45) is 2.73. The van der Waals surface area contributed by atoms with E-state index in [1.807, 2.05) is 20.8 Å². The topological polar surface area (TPSA) is 109 Å². The maximum Gasteiger partial charge on any atom is 0.312 e. The standard InChI is InChI=1S/C27H43N3O7/c1-6-10-29(12-11-28-13-15-35-16-14-28)24(33)22-27-9-8-26(5,37-27)21(25(34)36-7-2)20(27)23(32)30(22)19(17-31)18(3)4/h6,18-22,31H,1,7-17H2,2-5H3/t19-,20-,21-,22?,26+,27?/m0/s1. The summed E-state index contributed by atoms with van der Waals surface area (Å²) >= 11 is 0. The molecule has 1 spiro atoms. The fraction of sp³-hybridized carbons (Fsp3) is 0.815. The Hall–Kier alpha value is -2.01. The zero-order valence-corrected chi connectivity index (χ0v) is 22.7. The number of fused-ring (bicyclic) bond motifs is 1. The van der Waals surface area contributed by atoms with Crippen molar-refractivity contribution in [2.24, 2.45) is 17.8 Å². The highest BCUT2D eigenvalue weighted by atomic mass is 16.6. The third-order valence-electron chi connectivity index (χ3n) is 8.75. The lowest BCUT2D eigenvalue weighted by molar-refractivity contribution is -0.162. The minimum atomic E-state index is -1.14. The molecule has 0 aromatic heterocycles. The molecular formula is C27H43N3O7. The first kappa shape index (κ1) is 28.0. The molecule has 1 N–H and O–H groups in total. The molecule has 4 fully saturated rings. The van der Waals surface area contributed by atoms with Crippen LogP contribution < -0.4 is 0 Å². The van der Waals surface area contributed by atoms with Gasteiger partial charge in [0, 0.05) is 32.7 Å². The van der Waals surface area contributed by atoms with Gasteiger partial charge in [-0.25, -0.2) is 0 Å². The summed E-state index contributed by atoms with van der Waals surface area (Å²) in [5.41, 5.74) is -2.01. The second-order valence-electron chi connectivity index (χ2n) is 11.2. The van der Waals surface area contributed by atoms with Gasteiger partial charge in [-0.15, -0.1) is 6.58 Å². The predicted octanol–water partition coefficient (Wildman–Crippen LogP) is 0.678. The largest absolute Gasteiger partial charge is 0.466 e. The number of hydrogen-bond donors (Lipinski definition) is 1. The number of hydrogen-bond acceptors (Lipinski definition) is 8. The van der Waals surface area contributed by atoms with E-state index in [2.05, 4.69) is 11.5 Å². The maximum atomic E-state index is 14.4. The first-order valence-electron chi connectivity index (χ1n) is 13.6. The van der Waals surface area contributed by atoms with Gasteiger partial charge in [0.15, 0.2) is 0 Å². The monoisotopic (exact) mass is 521 g/mol. The van der Waals surface area contributed by atoms with Crippen molar-refractivity contribution in [3.8, 4) is 0 Å². The SMILES string of the molecule is C=CCN(CCN1CCOCC1)C(=O)C1N([C@@H](CO)C(C)C)C(=O)[C@@H]2[C@@H](C(=O)OCC)[C@@]3(C)CCC12O3. The van der Waals surface area contributed by atoms with Gasteiger partial charge in [-0.2, -0.15) is 0 Å². The predicted molar refractivity (Wildman–Crippen MR) is 135 cm³/mol. The van der Waals surface area contributed by atoms with E-state index >= 15 is 0 Å². The first-order valence-corrected chi connectivity index (χ1v) is 13.6. The van der Waals surface area contributed by atoms with Gasteiger partial charge >= 0.3 is 5.97 Å². The second-order valence-corrected chi connectivity index (χ2v) is 11.2. The van der Waals surface area contributed by atoms with Crippen molar-refractivity contribution in [2.75, 3.05) is 59.2 Å². The van der Waals surface area contributed by atoms with Crippen LogP contribution in [0, 0.1) is 17.8 Å². The molecule has 2 bridgehead atoms. The van der Waals surface area contributed by atoms with Crippen molar-refractivity contribution in [2.45, 2.75) is 63.8 Å². The Morgan fingerprint density at radius 1 is 1.30 bits per heavy atom. The van der Waals surface area contributed by atoms with Crippen LogP contribution in [0.4, 0.5) is 0 Å². The van der Waals surface area contributed by atoms with Gasteiger partial charge in [-0.05, 0) is 32.6 Å². The normalized spacial score (nSPS) is 34.1. The van der Waals surface area contributed by atoms with E-state index in [-0.39, 0.29) is 30.9 Å². The molecule has 37 heavy (non-hydrogen) atoms. The number of amides is 2. The Balaban J connectivity index is 1.71. The van der Waals surface area contributed by atoms with E-state index in [1.54, 1.807) is 22.8 Å². The summed E-state index contributed by atoms with van der Waals surface area (Å²) in [6.45, 7) is 15.6. The summed E-state index contributed by atoms with van der Waals surface area (Å²) in [5.74, 6) is -2.71. The quantitative estimate of drug-likeness (QED) is 0.312. The highest BCUT2D eigenvalue weighted by molar-refractivity contribution is 5.98. The fourth-order valence-corrected chi connectivity index (χ4v) is 6.92. The molecule has 0 aliphatic carbocycles. The van der Waals surface area contributed by atoms with Crippen LogP contribution in [-0.2, 0) is 28.6 Å². The lowest BCUT2D eigenvalue weighted by Gasteiger charge is -2.41. The number of nitrogens with zero attached hydrogens (tertiary/aromatic N) is 3. The number of rotatable bonds is 11. The van der Waals surface area contributed by atoms with Crippen molar-refractivity contribution >= 4 is 17.8 Å². The van der Waals surface area contributed by atoms with E-state index in [1.165, 1.54) is 0 Å². The lowest BCUT2D eigenvalue weighted by Crippen LogP contribution is -2.60. The van der Waals surface area contributed by atoms with E-state index in [0.717, 1.165) is 13.1 Å². The van der Waals surface area contributed by atoms with Crippen molar-refractivity contribution < 1.29 is 33.7 Å². The van der Waals surface area contributed by atoms with Gasteiger partial charge in [0.25, 0.3) is 0 Å².